The monoisotopic (exact) mass is 267 g/mol. The number of para-hydroxylation sites is 1. The van der Waals surface area contributed by atoms with Gasteiger partial charge < -0.3 is 5.11 Å². The molecule has 20 heavy (non-hydrogen) atoms. The first kappa shape index (κ1) is 13.5. The van der Waals surface area contributed by atoms with Crippen molar-refractivity contribution >= 4 is 11.8 Å². The minimum atomic E-state index is -0.329. The highest BCUT2D eigenvalue weighted by molar-refractivity contribution is 6.12. The maximum absolute atomic E-state index is 10.0. The molecule has 0 atom stereocenters. The van der Waals surface area contributed by atoms with Crippen LogP contribution in [0.4, 0.5) is 0 Å². The van der Waals surface area contributed by atoms with E-state index in [2.05, 4.69) is 24.3 Å². The molecule has 0 aromatic heterocycles. The van der Waals surface area contributed by atoms with E-state index in [-0.39, 0.29) is 11.8 Å². The lowest BCUT2D eigenvalue weighted by Gasteiger charge is -2.10. The van der Waals surface area contributed by atoms with E-state index in [1.54, 1.807) is 24.3 Å². The van der Waals surface area contributed by atoms with Gasteiger partial charge in [-0.1, -0.05) is 42.5 Å². The number of phenols is 1. The Morgan fingerprint density at radius 3 is 1.30 bits per heavy atom. The Morgan fingerprint density at radius 1 is 0.700 bits per heavy atom. The summed E-state index contributed by atoms with van der Waals surface area (Å²) in [5, 5.41) is 10.7. The summed E-state index contributed by atoms with van der Waals surface area (Å²) in [6.45, 7) is 0. The maximum Gasteiger partial charge on any atom is 0.250 e. The molecule has 1 aliphatic heterocycles. The predicted octanol–water partition coefficient (Wildman–Crippen LogP) is 2.26. The van der Waals surface area contributed by atoms with Gasteiger partial charge in [-0.25, -0.2) is 0 Å². The number of amides is 2. The van der Waals surface area contributed by atoms with E-state index < -0.39 is 0 Å². The lowest BCUT2D eigenvalue weighted by atomic mass is 9.95. The predicted molar refractivity (Wildman–Crippen MR) is 75.8 cm³/mol. The number of imide groups is 1. The smallest absolute Gasteiger partial charge is 0.250 e. The molecule has 0 fully saturated rings. The van der Waals surface area contributed by atoms with Gasteiger partial charge in [0.25, 0.3) is 11.8 Å². The average molecular weight is 267 g/mol. The van der Waals surface area contributed by atoms with Crippen LogP contribution in [0.15, 0.2) is 66.7 Å². The molecule has 0 spiro atoms. The van der Waals surface area contributed by atoms with E-state index in [1.807, 2.05) is 11.4 Å². The number of fused-ring (bicyclic) bond motifs is 1. The molecular weight excluding hydrogens is 254 g/mol. The van der Waals surface area contributed by atoms with E-state index in [1.165, 1.54) is 23.3 Å². The van der Waals surface area contributed by atoms with Gasteiger partial charge in [0, 0.05) is 12.2 Å². The number of benzene rings is 2. The number of carbonyl (C=O) groups is 2. The van der Waals surface area contributed by atoms with Crippen molar-refractivity contribution in [2.24, 2.45) is 0 Å². The molecule has 100 valence electrons. The summed E-state index contributed by atoms with van der Waals surface area (Å²) in [5.74, 6) is -0.336. The topological polar surface area (TPSA) is 66.4 Å². The Labute approximate surface area is 116 Å². The molecule has 2 amide bonds. The second-order valence-corrected chi connectivity index (χ2v) is 4.10. The minimum Gasteiger partial charge on any atom is -0.508 e. The van der Waals surface area contributed by atoms with Gasteiger partial charge in [-0.05, 0) is 23.3 Å². The highest BCUT2D eigenvalue weighted by Crippen LogP contribution is 2.29. The van der Waals surface area contributed by atoms with Gasteiger partial charge in [-0.3, -0.25) is 14.9 Å². The van der Waals surface area contributed by atoms with Crippen molar-refractivity contribution in [3.8, 4) is 16.9 Å². The van der Waals surface area contributed by atoms with Crippen LogP contribution in [0, 0.1) is 0 Å². The van der Waals surface area contributed by atoms with E-state index in [9.17, 15) is 9.59 Å². The summed E-state index contributed by atoms with van der Waals surface area (Å²) in [7, 11) is 0. The van der Waals surface area contributed by atoms with Gasteiger partial charge in [0.1, 0.15) is 5.75 Å². The molecule has 1 aromatic rings. The molecule has 4 heteroatoms. The van der Waals surface area contributed by atoms with Crippen molar-refractivity contribution in [1.29, 1.82) is 0 Å². The standard InChI is InChI=1S/C6H6O.C6H4.C4H3NO2/c7-6-4-2-1-3-5-6;1-2-6-4-3-5(1)6;6-3-1-2-4(7)5-3/h1-5,7H;1-4H;1-2H,(H,5,6,7). The van der Waals surface area contributed by atoms with E-state index in [4.69, 9.17) is 5.11 Å². The van der Waals surface area contributed by atoms with E-state index >= 15 is 0 Å². The number of hydrogen-bond donors (Lipinski definition) is 2. The van der Waals surface area contributed by atoms with Crippen LogP contribution in [0.25, 0.3) is 11.1 Å². The van der Waals surface area contributed by atoms with Crippen molar-refractivity contribution in [3.05, 3.63) is 66.7 Å². The van der Waals surface area contributed by atoms with Crippen molar-refractivity contribution in [1.82, 2.24) is 5.32 Å². The summed E-state index contributed by atoms with van der Waals surface area (Å²) < 4.78 is 0. The maximum atomic E-state index is 10.0. The molecule has 3 aliphatic rings. The third-order valence-corrected chi connectivity index (χ3v) is 2.61. The Balaban J connectivity index is 0.000000110. The second-order valence-electron chi connectivity index (χ2n) is 4.10. The molecular formula is C16H13NO3. The highest BCUT2D eigenvalue weighted by Gasteiger charge is 2.06. The van der Waals surface area contributed by atoms with Crippen LogP contribution in [-0.2, 0) is 9.59 Å². The zero-order valence-electron chi connectivity index (χ0n) is 10.6. The van der Waals surface area contributed by atoms with Gasteiger partial charge in [-0.15, -0.1) is 0 Å². The lowest BCUT2D eigenvalue weighted by molar-refractivity contribution is -0.123. The number of aromatic hydroxyl groups is 1. The first-order valence-electron chi connectivity index (χ1n) is 6.02. The molecule has 2 aliphatic carbocycles. The fraction of sp³-hybridized carbons (Fsp3) is 0. The van der Waals surface area contributed by atoms with Crippen molar-refractivity contribution < 1.29 is 14.7 Å². The molecule has 0 unspecified atom stereocenters. The fourth-order valence-corrected chi connectivity index (χ4v) is 1.45. The van der Waals surface area contributed by atoms with Crippen LogP contribution in [0.2, 0.25) is 0 Å². The van der Waals surface area contributed by atoms with Crippen LogP contribution in [-0.4, -0.2) is 16.9 Å². The summed E-state index contributed by atoms with van der Waals surface area (Å²) in [6.07, 6.45) is 2.39. The van der Waals surface area contributed by atoms with Crippen molar-refractivity contribution in [2.45, 2.75) is 0 Å². The normalized spacial score (nSPS) is 12.6. The number of phenolic OH excluding ortho intramolecular Hbond substituents is 1. The Morgan fingerprint density at radius 2 is 1.15 bits per heavy atom. The SMILES string of the molecule is O=C1C=CC(=O)N1.Oc1ccccc1.c1cc2ccc1-2. The lowest BCUT2D eigenvalue weighted by Crippen LogP contribution is -2.19. The zero-order chi connectivity index (χ0) is 14.4. The molecule has 1 heterocycles. The summed E-state index contributed by atoms with van der Waals surface area (Å²) in [5.41, 5.74) is 2.85. The highest BCUT2D eigenvalue weighted by atomic mass is 16.3. The van der Waals surface area contributed by atoms with Gasteiger partial charge in [0.05, 0.1) is 0 Å². The molecule has 0 saturated heterocycles. The minimum absolute atomic E-state index is 0.322. The van der Waals surface area contributed by atoms with Crippen LogP contribution in [0.3, 0.4) is 0 Å². The molecule has 0 saturated carbocycles. The van der Waals surface area contributed by atoms with Crippen molar-refractivity contribution in [3.63, 3.8) is 0 Å². The third kappa shape index (κ3) is 3.81. The number of carbonyl (C=O) groups excluding carboxylic acids is 2. The first-order chi connectivity index (χ1) is 9.65. The molecule has 4 nitrogen and oxygen atoms in total. The van der Waals surface area contributed by atoms with Crippen LogP contribution < -0.4 is 5.32 Å². The average Bonchev–Trinajstić information content (AvgIpc) is 2.80. The fourth-order valence-electron chi connectivity index (χ4n) is 1.45. The zero-order valence-corrected chi connectivity index (χ0v) is 10.6. The van der Waals surface area contributed by atoms with Crippen molar-refractivity contribution in [2.75, 3.05) is 0 Å². The van der Waals surface area contributed by atoms with Crippen LogP contribution >= 0.6 is 0 Å². The second kappa shape index (κ2) is 6.33. The molecule has 0 bridgehead atoms. The quantitative estimate of drug-likeness (QED) is 0.614. The number of hydrogen-bond acceptors (Lipinski definition) is 3. The molecule has 1 aromatic carbocycles. The summed E-state index contributed by atoms with van der Waals surface area (Å²) in [6, 6.07) is 17.2. The Hall–Kier alpha value is -2.88. The summed E-state index contributed by atoms with van der Waals surface area (Å²) >= 11 is 0. The van der Waals surface area contributed by atoms with Gasteiger partial charge in [-0.2, -0.15) is 0 Å². The van der Waals surface area contributed by atoms with E-state index in [0.717, 1.165) is 0 Å². The van der Waals surface area contributed by atoms with Crippen LogP contribution in [0.1, 0.15) is 0 Å². The van der Waals surface area contributed by atoms with Gasteiger partial charge in [0.15, 0.2) is 0 Å². The van der Waals surface area contributed by atoms with Gasteiger partial charge in [0.2, 0.25) is 0 Å². The molecule has 4 rings (SSSR count). The van der Waals surface area contributed by atoms with E-state index in [0.29, 0.717) is 5.75 Å². The molecule has 2 N–H and O–H groups in total. The summed E-state index contributed by atoms with van der Waals surface area (Å²) in [4.78, 5) is 20.1. The third-order valence-electron chi connectivity index (χ3n) is 2.61. The first-order valence-corrected chi connectivity index (χ1v) is 6.02. The Kier molecular flexibility index (Phi) is 4.29. The molecule has 0 radical (unpaired) electrons. The largest absolute Gasteiger partial charge is 0.508 e. The number of nitrogens with one attached hydrogen (secondary N) is 1. The van der Waals surface area contributed by atoms with Crippen LogP contribution in [0.5, 0.6) is 5.75 Å². The Bertz CT molecular complexity index is 594. The number of rotatable bonds is 0. The van der Waals surface area contributed by atoms with Gasteiger partial charge >= 0.3 is 0 Å².